The highest BCUT2D eigenvalue weighted by molar-refractivity contribution is 7.95. The minimum absolute atomic E-state index is 0.454. The number of methoxy groups -OCH3 is 4. The number of carbonyl (C=O) groups is 1. The first kappa shape index (κ1) is 23.0. The summed E-state index contributed by atoms with van der Waals surface area (Å²) in [5.41, 5.74) is 1.01. The van der Waals surface area contributed by atoms with Crippen molar-refractivity contribution in [2.24, 2.45) is 0 Å². The molecule has 0 heterocycles. The second-order valence-electron chi connectivity index (χ2n) is 6.06. The molecule has 0 aromatic heterocycles. The Kier molecular flexibility index (Phi) is 8.06. The van der Waals surface area contributed by atoms with Gasteiger partial charge in [0.25, 0.3) is 0 Å². The van der Waals surface area contributed by atoms with Crippen molar-refractivity contribution in [1.82, 2.24) is 0 Å². The van der Waals surface area contributed by atoms with E-state index in [0.29, 0.717) is 34.1 Å². The van der Waals surface area contributed by atoms with Crippen molar-refractivity contribution in [3.05, 3.63) is 59.0 Å². The summed E-state index contributed by atoms with van der Waals surface area (Å²) in [6, 6.07) is 10.3. The molecule has 0 saturated carbocycles. The molecular formula is C22H24O7S. The van der Waals surface area contributed by atoms with E-state index in [9.17, 15) is 13.2 Å². The maximum absolute atomic E-state index is 12.4. The topological polar surface area (TPSA) is 88.1 Å². The van der Waals surface area contributed by atoms with E-state index in [0.717, 1.165) is 5.41 Å². The first-order valence-corrected chi connectivity index (χ1v) is 10.6. The highest BCUT2D eigenvalue weighted by atomic mass is 32.2. The van der Waals surface area contributed by atoms with Crippen LogP contribution in [0.15, 0.2) is 47.9 Å². The molecule has 0 aliphatic rings. The van der Waals surface area contributed by atoms with Crippen molar-refractivity contribution < 1.29 is 32.2 Å². The van der Waals surface area contributed by atoms with Crippen LogP contribution in [-0.2, 0) is 14.6 Å². The fraction of sp³-hybridized carbons (Fsp3) is 0.227. The molecule has 0 amide bonds. The molecule has 0 bridgehead atoms. The summed E-state index contributed by atoms with van der Waals surface area (Å²) in [7, 11) is 2.12. The van der Waals surface area contributed by atoms with Gasteiger partial charge in [0.05, 0.1) is 39.6 Å². The molecule has 0 radical (unpaired) electrons. The molecule has 0 fully saturated rings. The lowest BCUT2D eigenvalue weighted by molar-refractivity contribution is -0.112. The van der Waals surface area contributed by atoms with Crippen molar-refractivity contribution in [2.75, 3.05) is 34.2 Å². The summed E-state index contributed by atoms with van der Waals surface area (Å²) >= 11 is 0. The van der Waals surface area contributed by atoms with Crippen molar-refractivity contribution in [3.8, 4) is 23.0 Å². The minimum Gasteiger partial charge on any atom is -0.496 e. The summed E-state index contributed by atoms with van der Waals surface area (Å²) < 4.78 is 45.8. The van der Waals surface area contributed by atoms with Crippen molar-refractivity contribution in [2.45, 2.75) is 0 Å². The standard InChI is InChI=1S/C22H24O7S/c1-26-19-7-5-8-20(27-2)17(19)12-11-16(23)15-30(24,25)14-13-18-21(28-3)9-6-10-22(18)29-4/h5-14H,15H2,1-4H3/b12-11+,14-13?. The fourth-order valence-corrected chi connectivity index (χ4v) is 3.66. The molecule has 0 aliphatic heterocycles. The molecule has 7 nitrogen and oxygen atoms in total. The Labute approximate surface area is 176 Å². The molecule has 0 N–H and O–H groups in total. The van der Waals surface area contributed by atoms with Gasteiger partial charge < -0.3 is 18.9 Å². The van der Waals surface area contributed by atoms with Crippen LogP contribution in [-0.4, -0.2) is 48.4 Å². The summed E-state index contributed by atoms with van der Waals surface area (Å²) in [4.78, 5) is 12.3. The molecule has 8 heteroatoms. The van der Waals surface area contributed by atoms with Gasteiger partial charge in [-0.15, -0.1) is 0 Å². The van der Waals surface area contributed by atoms with Gasteiger partial charge >= 0.3 is 0 Å². The summed E-state index contributed by atoms with van der Waals surface area (Å²) in [6.07, 6.45) is 4.02. The molecule has 160 valence electrons. The Morgan fingerprint density at radius 1 is 0.767 bits per heavy atom. The number of ketones is 1. The Balaban J connectivity index is 2.20. The predicted molar refractivity (Wildman–Crippen MR) is 116 cm³/mol. The average Bonchev–Trinajstić information content (AvgIpc) is 2.75. The van der Waals surface area contributed by atoms with Gasteiger partial charge in [0, 0.05) is 5.41 Å². The number of hydrogen-bond acceptors (Lipinski definition) is 7. The van der Waals surface area contributed by atoms with E-state index in [1.807, 2.05) is 0 Å². The molecule has 0 aliphatic carbocycles. The van der Waals surface area contributed by atoms with Gasteiger partial charge in [-0.25, -0.2) is 8.42 Å². The summed E-state index contributed by atoms with van der Waals surface area (Å²) in [5, 5.41) is 0.975. The van der Waals surface area contributed by atoms with Gasteiger partial charge in [-0.1, -0.05) is 12.1 Å². The number of hydrogen-bond donors (Lipinski definition) is 0. The third-order valence-corrected chi connectivity index (χ3v) is 5.39. The van der Waals surface area contributed by atoms with E-state index >= 15 is 0 Å². The van der Waals surface area contributed by atoms with E-state index in [-0.39, 0.29) is 0 Å². The Morgan fingerprint density at radius 2 is 1.17 bits per heavy atom. The van der Waals surface area contributed by atoms with Crippen LogP contribution in [0.1, 0.15) is 11.1 Å². The normalized spacial score (nSPS) is 11.6. The van der Waals surface area contributed by atoms with E-state index in [1.165, 1.54) is 46.7 Å². The molecule has 0 saturated heterocycles. The van der Waals surface area contributed by atoms with Crippen LogP contribution in [0.25, 0.3) is 12.2 Å². The molecular weight excluding hydrogens is 408 g/mol. The molecule has 2 aromatic carbocycles. The molecule has 2 rings (SSSR count). The number of ether oxygens (including phenoxy) is 4. The second-order valence-corrected chi connectivity index (χ2v) is 7.95. The Morgan fingerprint density at radius 3 is 1.57 bits per heavy atom. The third-order valence-electron chi connectivity index (χ3n) is 4.15. The van der Waals surface area contributed by atoms with Crippen LogP contribution < -0.4 is 18.9 Å². The highest BCUT2D eigenvalue weighted by Gasteiger charge is 2.14. The number of sulfone groups is 1. The molecule has 2 aromatic rings. The van der Waals surface area contributed by atoms with Gasteiger partial charge in [0.1, 0.15) is 28.8 Å². The number of carbonyl (C=O) groups excluding carboxylic acids is 1. The van der Waals surface area contributed by atoms with Crippen molar-refractivity contribution >= 4 is 27.8 Å². The zero-order chi connectivity index (χ0) is 22.1. The van der Waals surface area contributed by atoms with Gasteiger partial charge in [-0.05, 0) is 42.5 Å². The Hall–Kier alpha value is -3.26. The molecule has 0 spiro atoms. The largest absolute Gasteiger partial charge is 0.496 e. The van der Waals surface area contributed by atoms with Crippen LogP contribution in [0, 0.1) is 0 Å². The van der Waals surface area contributed by atoms with Crippen LogP contribution in [0.5, 0.6) is 23.0 Å². The van der Waals surface area contributed by atoms with Gasteiger partial charge in [0.15, 0.2) is 15.6 Å². The lowest BCUT2D eigenvalue weighted by Gasteiger charge is -2.09. The molecule has 0 unspecified atom stereocenters. The van der Waals surface area contributed by atoms with Crippen LogP contribution in [0.2, 0.25) is 0 Å². The number of allylic oxidation sites excluding steroid dienone is 1. The van der Waals surface area contributed by atoms with Gasteiger partial charge in [-0.3, -0.25) is 4.79 Å². The van der Waals surface area contributed by atoms with E-state index in [2.05, 4.69) is 0 Å². The average molecular weight is 432 g/mol. The van der Waals surface area contributed by atoms with Gasteiger partial charge in [-0.2, -0.15) is 0 Å². The van der Waals surface area contributed by atoms with Crippen LogP contribution in [0.3, 0.4) is 0 Å². The monoisotopic (exact) mass is 432 g/mol. The first-order valence-electron chi connectivity index (χ1n) is 8.89. The van der Waals surface area contributed by atoms with Crippen molar-refractivity contribution in [3.63, 3.8) is 0 Å². The first-order chi connectivity index (χ1) is 14.3. The van der Waals surface area contributed by atoms with E-state index in [4.69, 9.17) is 18.9 Å². The fourth-order valence-electron chi connectivity index (χ4n) is 2.73. The quantitative estimate of drug-likeness (QED) is 0.532. The summed E-state index contributed by atoms with van der Waals surface area (Å²) in [6.45, 7) is 0. The maximum Gasteiger partial charge on any atom is 0.179 e. The van der Waals surface area contributed by atoms with Crippen molar-refractivity contribution in [1.29, 1.82) is 0 Å². The molecule has 0 atom stereocenters. The van der Waals surface area contributed by atoms with Gasteiger partial charge in [0.2, 0.25) is 0 Å². The maximum atomic E-state index is 12.4. The predicted octanol–water partition coefficient (Wildman–Crippen LogP) is 3.39. The summed E-state index contributed by atoms with van der Waals surface area (Å²) in [5.74, 6) is 0.647. The second kappa shape index (κ2) is 10.5. The number of benzene rings is 2. The Bertz CT molecular complexity index is 1010. The lowest BCUT2D eigenvalue weighted by atomic mass is 10.1. The van der Waals surface area contributed by atoms with Crippen LogP contribution in [0.4, 0.5) is 0 Å². The van der Waals surface area contributed by atoms with E-state index in [1.54, 1.807) is 36.4 Å². The highest BCUT2D eigenvalue weighted by Crippen LogP contribution is 2.30. The lowest BCUT2D eigenvalue weighted by Crippen LogP contribution is -2.11. The van der Waals surface area contributed by atoms with Crippen LogP contribution >= 0.6 is 0 Å². The molecule has 30 heavy (non-hydrogen) atoms. The minimum atomic E-state index is -3.82. The third kappa shape index (κ3) is 5.87. The SMILES string of the molecule is COc1cccc(OC)c1C=CS(=O)(=O)CC(=O)/C=C/c1c(OC)cccc1OC. The zero-order valence-electron chi connectivity index (χ0n) is 17.2. The zero-order valence-corrected chi connectivity index (χ0v) is 18.1. The number of rotatable bonds is 10. The van der Waals surface area contributed by atoms with E-state index < -0.39 is 21.4 Å². The smallest absolute Gasteiger partial charge is 0.179 e.